The molecule has 1 aliphatic heterocycles. The number of halogens is 1. The zero-order valence-electron chi connectivity index (χ0n) is 12.7. The van der Waals surface area contributed by atoms with Gasteiger partial charge in [-0.3, -0.25) is 9.59 Å². The van der Waals surface area contributed by atoms with Crippen LogP contribution < -0.4 is 5.32 Å². The van der Waals surface area contributed by atoms with Gasteiger partial charge >= 0.3 is 0 Å². The quantitative estimate of drug-likeness (QED) is 0.780. The lowest BCUT2D eigenvalue weighted by Crippen LogP contribution is -2.46. The first kappa shape index (κ1) is 16.8. The van der Waals surface area contributed by atoms with Crippen molar-refractivity contribution < 1.29 is 14.3 Å². The van der Waals surface area contributed by atoms with Gasteiger partial charge in [-0.25, -0.2) is 0 Å². The molecule has 1 aromatic carbocycles. The maximum Gasteiger partial charge on any atom is 0.242 e. The second-order valence-electron chi connectivity index (χ2n) is 5.34. The van der Waals surface area contributed by atoms with E-state index in [2.05, 4.69) is 5.32 Å². The first-order chi connectivity index (χ1) is 10.6. The number of hydrogen-bond acceptors (Lipinski definition) is 3. The Morgan fingerprint density at radius 2 is 2.14 bits per heavy atom. The van der Waals surface area contributed by atoms with Crippen molar-refractivity contribution >= 4 is 23.4 Å². The highest BCUT2D eigenvalue weighted by molar-refractivity contribution is 6.30. The number of amides is 2. The van der Waals surface area contributed by atoms with Crippen LogP contribution in [-0.2, 0) is 20.9 Å². The van der Waals surface area contributed by atoms with Crippen LogP contribution in [-0.4, -0.2) is 42.5 Å². The van der Waals surface area contributed by atoms with Crippen molar-refractivity contribution in [3.05, 3.63) is 34.9 Å². The molecular weight excluding hydrogens is 304 g/mol. The Morgan fingerprint density at radius 1 is 1.41 bits per heavy atom. The van der Waals surface area contributed by atoms with Crippen LogP contribution in [0.25, 0.3) is 0 Å². The number of ether oxygens (including phenoxy) is 1. The summed E-state index contributed by atoms with van der Waals surface area (Å²) in [7, 11) is 0. The minimum atomic E-state index is -0.411. The average Bonchev–Trinajstić information content (AvgIpc) is 2.94. The SMILES string of the molecule is CC(C(=O)NCCOCc1ccc(Cl)cc1)N1CCCC1=O. The summed E-state index contributed by atoms with van der Waals surface area (Å²) in [5.41, 5.74) is 1.03. The smallest absolute Gasteiger partial charge is 0.242 e. The molecule has 0 bridgehead atoms. The van der Waals surface area contributed by atoms with Gasteiger partial charge < -0.3 is 15.0 Å². The number of likely N-dealkylation sites (tertiary alicyclic amines) is 1. The monoisotopic (exact) mass is 324 g/mol. The number of nitrogens with one attached hydrogen (secondary N) is 1. The summed E-state index contributed by atoms with van der Waals surface area (Å²) in [5, 5.41) is 3.49. The van der Waals surface area contributed by atoms with E-state index in [9.17, 15) is 9.59 Å². The van der Waals surface area contributed by atoms with Crippen LogP contribution in [0.5, 0.6) is 0 Å². The molecule has 2 amide bonds. The van der Waals surface area contributed by atoms with Crippen molar-refractivity contribution in [2.45, 2.75) is 32.4 Å². The van der Waals surface area contributed by atoms with Crippen molar-refractivity contribution in [2.75, 3.05) is 19.7 Å². The summed E-state index contributed by atoms with van der Waals surface area (Å²) >= 11 is 5.81. The zero-order valence-corrected chi connectivity index (χ0v) is 13.4. The van der Waals surface area contributed by atoms with E-state index in [1.807, 2.05) is 24.3 Å². The number of rotatable bonds is 7. The van der Waals surface area contributed by atoms with Crippen molar-refractivity contribution in [1.29, 1.82) is 0 Å². The van der Waals surface area contributed by atoms with Crippen molar-refractivity contribution in [3.8, 4) is 0 Å². The van der Waals surface area contributed by atoms with Gasteiger partial charge in [0.15, 0.2) is 0 Å². The number of carbonyl (C=O) groups excluding carboxylic acids is 2. The molecule has 1 aliphatic rings. The standard InChI is InChI=1S/C16H21ClN2O3/c1-12(19-9-2-3-15(19)20)16(21)18-8-10-22-11-13-4-6-14(17)7-5-13/h4-7,12H,2-3,8-11H2,1H3,(H,18,21). The van der Waals surface area contributed by atoms with Gasteiger partial charge in [-0.15, -0.1) is 0 Å². The van der Waals surface area contributed by atoms with E-state index in [0.29, 0.717) is 37.7 Å². The van der Waals surface area contributed by atoms with E-state index in [0.717, 1.165) is 12.0 Å². The fourth-order valence-electron chi connectivity index (χ4n) is 2.38. The average molecular weight is 325 g/mol. The molecule has 2 rings (SSSR count). The van der Waals surface area contributed by atoms with Crippen LogP contribution in [0.1, 0.15) is 25.3 Å². The molecule has 1 saturated heterocycles. The molecule has 0 aromatic heterocycles. The van der Waals surface area contributed by atoms with Crippen LogP contribution in [0.15, 0.2) is 24.3 Å². The maximum absolute atomic E-state index is 12.0. The number of carbonyl (C=O) groups is 2. The van der Waals surface area contributed by atoms with Gasteiger partial charge in [0.2, 0.25) is 11.8 Å². The summed E-state index contributed by atoms with van der Waals surface area (Å²) in [6, 6.07) is 7.03. The highest BCUT2D eigenvalue weighted by Gasteiger charge is 2.28. The van der Waals surface area contributed by atoms with E-state index in [4.69, 9.17) is 16.3 Å². The van der Waals surface area contributed by atoms with E-state index in [1.165, 1.54) is 0 Å². The van der Waals surface area contributed by atoms with Crippen molar-refractivity contribution in [2.24, 2.45) is 0 Å². The third kappa shape index (κ3) is 4.71. The molecule has 0 radical (unpaired) electrons. The number of nitrogens with zero attached hydrogens (tertiary/aromatic N) is 1. The third-order valence-electron chi connectivity index (χ3n) is 3.68. The van der Waals surface area contributed by atoms with Gasteiger partial charge in [-0.1, -0.05) is 23.7 Å². The third-order valence-corrected chi connectivity index (χ3v) is 3.94. The van der Waals surface area contributed by atoms with Gasteiger partial charge in [0, 0.05) is 24.5 Å². The van der Waals surface area contributed by atoms with Gasteiger partial charge in [0.05, 0.1) is 13.2 Å². The van der Waals surface area contributed by atoms with E-state index < -0.39 is 6.04 Å². The molecule has 22 heavy (non-hydrogen) atoms. The van der Waals surface area contributed by atoms with E-state index in [1.54, 1.807) is 11.8 Å². The van der Waals surface area contributed by atoms with Crippen molar-refractivity contribution in [1.82, 2.24) is 10.2 Å². The fourth-order valence-corrected chi connectivity index (χ4v) is 2.51. The molecule has 1 atom stereocenters. The second kappa shape index (κ2) is 8.15. The van der Waals surface area contributed by atoms with Crippen LogP contribution in [0.3, 0.4) is 0 Å². The minimum Gasteiger partial charge on any atom is -0.375 e. The normalized spacial score (nSPS) is 15.9. The minimum absolute atomic E-state index is 0.0571. The molecule has 1 fully saturated rings. The lowest BCUT2D eigenvalue weighted by molar-refractivity contribution is -0.136. The summed E-state index contributed by atoms with van der Waals surface area (Å²) in [5.74, 6) is -0.0769. The Kier molecular flexibility index (Phi) is 6.21. The molecule has 120 valence electrons. The zero-order chi connectivity index (χ0) is 15.9. The lowest BCUT2D eigenvalue weighted by Gasteiger charge is -2.23. The molecule has 1 unspecified atom stereocenters. The summed E-state index contributed by atoms with van der Waals surface area (Å²) < 4.78 is 5.50. The number of hydrogen-bond donors (Lipinski definition) is 1. The van der Waals surface area contributed by atoms with Gasteiger partial charge in [-0.05, 0) is 31.0 Å². The highest BCUT2D eigenvalue weighted by atomic mass is 35.5. The molecule has 1 N–H and O–H groups in total. The van der Waals surface area contributed by atoms with Gasteiger partial charge in [-0.2, -0.15) is 0 Å². The molecule has 0 saturated carbocycles. The van der Waals surface area contributed by atoms with Crippen LogP contribution in [0, 0.1) is 0 Å². The van der Waals surface area contributed by atoms with Crippen molar-refractivity contribution in [3.63, 3.8) is 0 Å². The summed E-state index contributed by atoms with van der Waals surface area (Å²) in [4.78, 5) is 25.2. The molecule has 0 aliphatic carbocycles. The predicted molar refractivity (Wildman–Crippen MR) is 84.5 cm³/mol. The van der Waals surface area contributed by atoms with Crippen LogP contribution >= 0.6 is 11.6 Å². The molecule has 5 nitrogen and oxygen atoms in total. The van der Waals surface area contributed by atoms with Gasteiger partial charge in [0.1, 0.15) is 6.04 Å². The Labute approximate surface area is 135 Å². The van der Waals surface area contributed by atoms with Gasteiger partial charge in [0.25, 0.3) is 0 Å². The Bertz CT molecular complexity index is 519. The van der Waals surface area contributed by atoms with Crippen LogP contribution in [0.2, 0.25) is 5.02 Å². The van der Waals surface area contributed by atoms with E-state index >= 15 is 0 Å². The number of benzene rings is 1. The predicted octanol–water partition coefficient (Wildman–Crippen LogP) is 1.98. The van der Waals surface area contributed by atoms with E-state index in [-0.39, 0.29) is 11.8 Å². The van der Waals surface area contributed by atoms with Crippen LogP contribution in [0.4, 0.5) is 0 Å². The molecule has 1 heterocycles. The summed E-state index contributed by atoms with van der Waals surface area (Å²) in [6.45, 7) is 3.76. The second-order valence-corrected chi connectivity index (χ2v) is 5.77. The highest BCUT2D eigenvalue weighted by Crippen LogP contribution is 2.13. The first-order valence-corrected chi connectivity index (χ1v) is 7.85. The molecule has 6 heteroatoms. The summed E-state index contributed by atoms with van der Waals surface area (Å²) in [6.07, 6.45) is 1.38. The Morgan fingerprint density at radius 3 is 2.77 bits per heavy atom. The lowest BCUT2D eigenvalue weighted by atomic mass is 10.2. The molecule has 0 spiro atoms. The first-order valence-electron chi connectivity index (χ1n) is 7.47. The fraction of sp³-hybridized carbons (Fsp3) is 0.500. The Balaban J connectivity index is 1.62. The topological polar surface area (TPSA) is 58.6 Å². The molecular formula is C16H21ClN2O3. The maximum atomic E-state index is 12.0. The largest absolute Gasteiger partial charge is 0.375 e. The molecule has 1 aromatic rings. The Hall–Kier alpha value is -1.59.